The van der Waals surface area contributed by atoms with Crippen LogP contribution in [0, 0.1) is 11.8 Å². The van der Waals surface area contributed by atoms with E-state index in [1.54, 1.807) is 0 Å². The second kappa shape index (κ2) is 2.73. The molecule has 0 aromatic heterocycles. The van der Waals surface area contributed by atoms with E-state index < -0.39 is 0 Å². The van der Waals surface area contributed by atoms with Gasteiger partial charge in [-0.05, 0) is 51.4 Å². The predicted octanol–water partition coefficient (Wildman–Crippen LogP) is 1.94. The van der Waals surface area contributed by atoms with Crippen molar-refractivity contribution < 1.29 is 4.74 Å². The summed E-state index contributed by atoms with van der Waals surface area (Å²) in [5, 5.41) is 3.57. The lowest BCUT2D eigenvalue weighted by Gasteiger charge is -2.48. The fourth-order valence-electron chi connectivity index (χ4n) is 3.93. The highest BCUT2D eigenvalue weighted by molar-refractivity contribution is 5.06. The maximum Gasteiger partial charge on any atom is 0.0844 e. The van der Waals surface area contributed by atoms with Gasteiger partial charge in [0.2, 0.25) is 0 Å². The molecular weight excluding hydrogens is 174 g/mol. The highest BCUT2D eigenvalue weighted by Crippen LogP contribution is 2.54. The van der Waals surface area contributed by atoms with Gasteiger partial charge in [-0.2, -0.15) is 0 Å². The van der Waals surface area contributed by atoms with Crippen molar-refractivity contribution in [2.45, 2.75) is 50.7 Å². The van der Waals surface area contributed by atoms with Gasteiger partial charge < -0.3 is 10.1 Å². The van der Waals surface area contributed by atoms with Crippen LogP contribution in [0.15, 0.2) is 0 Å². The second-order valence-corrected chi connectivity index (χ2v) is 6.11. The Morgan fingerprint density at radius 1 is 1.21 bits per heavy atom. The Hall–Kier alpha value is -0.0800. The molecule has 2 aliphatic carbocycles. The lowest BCUT2D eigenvalue weighted by Crippen LogP contribution is -2.60. The molecule has 0 aromatic rings. The average molecular weight is 195 g/mol. The topological polar surface area (TPSA) is 21.3 Å². The lowest BCUT2D eigenvalue weighted by atomic mass is 9.82. The minimum atomic E-state index is 0.0444. The standard InChI is InChI=1S/C12H21NO/c1-11(2)7-13-8-12(14-11)6-9-3-4-10(12)5-9/h9-10,13H,3-8H2,1-2H3/t9-,10-,12-/m0/s1. The number of nitrogens with one attached hydrogen (secondary N) is 1. The summed E-state index contributed by atoms with van der Waals surface area (Å²) in [5.41, 5.74) is 0.257. The summed E-state index contributed by atoms with van der Waals surface area (Å²) >= 11 is 0. The van der Waals surface area contributed by atoms with E-state index in [0.717, 1.165) is 24.9 Å². The van der Waals surface area contributed by atoms with Crippen LogP contribution < -0.4 is 5.32 Å². The Balaban J connectivity index is 1.83. The van der Waals surface area contributed by atoms with Gasteiger partial charge in [0.15, 0.2) is 0 Å². The second-order valence-electron chi connectivity index (χ2n) is 6.11. The van der Waals surface area contributed by atoms with Crippen LogP contribution in [0.1, 0.15) is 39.5 Å². The van der Waals surface area contributed by atoms with Gasteiger partial charge in [-0.1, -0.05) is 0 Å². The van der Waals surface area contributed by atoms with Crippen molar-refractivity contribution in [3.05, 3.63) is 0 Å². The Bertz CT molecular complexity index is 251. The molecule has 14 heavy (non-hydrogen) atoms. The van der Waals surface area contributed by atoms with Crippen molar-refractivity contribution in [3.8, 4) is 0 Å². The highest BCUT2D eigenvalue weighted by Gasteiger charge is 2.55. The Labute approximate surface area is 86.4 Å². The summed E-state index contributed by atoms with van der Waals surface area (Å²) in [4.78, 5) is 0. The highest BCUT2D eigenvalue weighted by atomic mass is 16.5. The van der Waals surface area contributed by atoms with Crippen LogP contribution in [-0.2, 0) is 4.74 Å². The first kappa shape index (κ1) is 9.17. The molecule has 80 valence electrons. The third kappa shape index (κ3) is 1.24. The van der Waals surface area contributed by atoms with E-state index in [9.17, 15) is 0 Å². The molecule has 3 atom stereocenters. The van der Waals surface area contributed by atoms with Crippen molar-refractivity contribution in [3.63, 3.8) is 0 Å². The molecule has 0 amide bonds. The van der Waals surface area contributed by atoms with Gasteiger partial charge in [-0.15, -0.1) is 0 Å². The van der Waals surface area contributed by atoms with E-state index in [4.69, 9.17) is 4.74 Å². The molecule has 2 bridgehead atoms. The fourth-order valence-corrected chi connectivity index (χ4v) is 3.93. The molecule has 1 spiro atoms. The average Bonchev–Trinajstić information content (AvgIpc) is 2.60. The molecule has 2 heteroatoms. The molecule has 1 N–H and O–H groups in total. The predicted molar refractivity (Wildman–Crippen MR) is 56.2 cm³/mol. The van der Waals surface area contributed by atoms with Crippen LogP contribution in [0.4, 0.5) is 0 Å². The van der Waals surface area contributed by atoms with Gasteiger partial charge in [0.25, 0.3) is 0 Å². The summed E-state index contributed by atoms with van der Waals surface area (Å²) in [6.45, 7) is 6.53. The van der Waals surface area contributed by atoms with Crippen LogP contribution in [0.2, 0.25) is 0 Å². The zero-order valence-corrected chi connectivity index (χ0v) is 9.31. The van der Waals surface area contributed by atoms with Gasteiger partial charge in [0.1, 0.15) is 0 Å². The molecule has 0 radical (unpaired) electrons. The number of hydrogen-bond donors (Lipinski definition) is 1. The molecule has 1 aliphatic heterocycles. The maximum absolute atomic E-state index is 6.39. The zero-order valence-electron chi connectivity index (χ0n) is 9.31. The Kier molecular flexibility index (Phi) is 1.79. The monoisotopic (exact) mass is 195 g/mol. The normalized spacial score (nSPS) is 50.1. The first-order valence-corrected chi connectivity index (χ1v) is 6.01. The van der Waals surface area contributed by atoms with Crippen LogP contribution in [-0.4, -0.2) is 24.3 Å². The number of ether oxygens (including phenoxy) is 1. The molecule has 2 saturated carbocycles. The summed E-state index contributed by atoms with van der Waals surface area (Å²) in [7, 11) is 0. The molecular formula is C12H21NO. The van der Waals surface area contributed by atoms with Crippen molar-refractivity contribution in [1.29, 1.82) is 0 Å². The minimum absolute atomic E-state index is 0.0444. The zero-order chi connectivity index (χ0) is 9.81. The first-order chi connectivity index (χ1) is 6.60. The van der Waals surface area contributed by atoms with Crippen molar-refractivity contribution in [2.24, 2.45) is 11.8 Å². The number of rotatable bonds is 0. The van der Waals surface area contributed by atoms with Gasteiger partial charge in [-0.25, -0.2) is 0 Å². The summed E-state index contributed by atoms with van der Waals surface area (Å²) in [5.74, 6) is 1.82. The first-order valence-electron chi connectivity index (χ1n) is 6.01. The van der Waals surface area contributed by atoms with Gasteiger partial charge >= 0.3 is 0 Å². The van der Waals surface area contributed by atoms with E-state index in [1.165, 1.54) is 25.7 Å². The van der Waals surface area contributed by atoms with Crippen molar-refractivity contribution in [2.75, 3.05) is 13.1 Å². The largest absolute Gasteiger partial charge is 0.366 e. The number of hydrogen-bond acceptors (Lipinski definition) is 2. The molecule has 3 aliphatic rings. The molecule has 0 aromatic carbocycles. The summed E-state index contributed by atoms with van der Waals surface area (Å²) < 4.78 is 6.39. The Morgan fingerprint density at radius 3 is 2.64 bits per heavy atom. The quantitative estimate of drug-likeness (QED) is 0.638. The maximum atomic E-state index is 6.39. The van der Waals surface area contributed by atoms with Gasteiger partial charge in [-0.3, -0.25) is 0 Å². The van der Waals surface area contributed by atoms with E-state index in [1.807, 2.05) is 0 Å². The molecule has 3 rings (SSSR count). The van der Waals surface area contributed by atoms with E-state index >= 15 is 0 Å². The van der Waals surface area contributed by atoms with Gasteiger partial charge in [0, 0.05) is 13.1 Å². The SMILES string of the molecule is CC1(C)CNC[C@]2(C[C@H]3CC[C@H]2C3)O1. The smallest absolute Gasteiger partial charge is 0.0844 e. The molecule has 1 saturated heterocycles. The molecule has 1 heterocycles. The van der Waals surface area contributed by atoms with E-state index in [2.05, 4.69) is 19.2 Å². The van der Waals surface area contributed by atoms with Crippen LogP contribution in [0.25, 0.3) is 0 Å². The fraction of sp³-hybridized carbons (Fsp3) is 1.00. The number of fused-ring (bicyclic) bond motifs is 3. The van der Waals surface area contributed by atoms with E-state index in [0.29, 0.717) is 0 Å². The van der Waals surface area contributed by atoms with Crippen LogP contribution >= 0.6 is 0 Å². The third-order valence-electron chi connectivity index (χ3n) is 4.37. The lowest BCUT2D eigenvalue weighted by molar-refractivity contribution is -0.184. The number of morpholine rings is 1. The third-order valence-corrected chi connectivity index (χ3v) is 4.37. The Morgan fingerprint density at radius 2 is 2.07 bits per heavy atom. The summed E-state index contributed by atoms with van der Waals surface area (Å²) in [6, 6.07) is 0. The van der Waals surface area contributed by atoms with Crippen molar-refractivity contribution in [1.82, 2.24) is 5.32 Å². The molecule has 0 unspecified atom stereocenters. The van der Waals surface area contributed by atoms with Gasteiger partial charge in [0.05, 0.1) is 11.2 Å². The van der Waals surface area contributed by atoms with Crippen molar-refractivity contribution >= 4 is 0 Å². The molecule has 2 nitrogen and oxygen atoms in total. The van der Waals surface area contributed by atoms with Crippen LogP contribution in [0.5, 0.6) is 0 Å². The summed E-state index contributed by atoms with van der Waals surface area (Å²) in [6.07, 6.45) is 5.60. The molecule has 3 fully saturated rings. The van der Waals surface area contributed by atoms with E-state index in [-0.39, 0.29) is 11.2 Å². The van der Waals surface area contributed by atoms with Crippen LogP contribution in [0.3, 0.4) is 0 Å². The minimum Gasteiger partial charge on any atom is -0.366 e.